The summed E-state index contributed by atoms with van der Waals surface area (Å²) in [6.07, 6.45) is 1.02. The van der Waals surface area contributed by atoms with Crippen LogP contribution in [0.15, 0.2) is 23.4 Å². The Labute approximate surface area is 128 Å². The number of hydrogen-bond acceptors (Lipinski definition) is 3. The zero-order chi connectivity index (χ0) is 14.7. The van der Waals surface area contributed by atoms with Crippen LogP contribution in [0.4, 0.5) is 0 Å². The Bertz CT molecular complexity index is 624. The topological polar surface area (TPSA) is 38.1 Å². The SMILES string of the molecule is CCCn1c(SCC(=O)N(C)C)nc2cc(Cl)ccc21. The molecule has 0 aliphatic rings. The number of nitrogens with zero attached hydrogens (tertiary/aromatic N) is 3. The van der Waals surface area contributed by atoms with E-state index in [-0.39, 0.29) is 5.91 Å². The lowest BCUT2D eigenvalue weighted by atomic mass is 10.3. The molecule has 6 heteroatoms. The second kappa shape index (κ2) is 6.50. The molecule has 1 aromatic carbocycles. The van der Waals surface area contributed by atoms with Crippen LogP contribution >= 0.6 is 23.4 Å². The van der Waals surface area contributed by atoms with Gasteiger partial charge in [-0.1, -0.05) is 30.3 Å². The molecule has 0 saturated heterocycles. The van der Waals surface area contributed by atoms with E-state index in [1.807, 2.05) is 18.2 Å². The molecule has 0 radical (unpaired) electrons. The Hall–Kier alpha value is -1.20. The molecule has 0 unspecified atom stereocenters. The molecule has 2 aromatic rings. The lowest BCUT2D eigenvalue weighted by molar-refractivity contribution is -0.125. The first-order valence-electron chi connectivity index (χ1n) is 6.51. The minimum Gasteiger partial charge on any atom is -0.348 e. The number of benzene rings is 1. The third-order valence-electron chi connectivity index (χ3n) is 2.95. The first-order chi connectivity index (χ1) is 9.52. The number of hydrogen-bond donors (Lipinski definition) is 0. The first-order valence-corrected chi connectivity index (χ1v) is 7.88. The fourth-order valence-electron chi connectivity index (χ4n) is 1.89. The van der Waals surface area contributed by atoms with Crippen LogP contribution in [0, 0.1) is 0 Å². The lowest BCUT2D eigenvalue weighted by Gasteiger charge is -2.10. The average molecular weight is 312 g/mol. The number of rotatable bonds is 5. The van der Waals surface area contributed by atoms with E-state index >= 15 is 0 Å². The molecule has 108 valence electrons. The van der Waals surface area contributed by atoms with Crippen molar-refractivity contribution in [1.82, 2.24) is 14.5 Å². The fourth-order valence-corrected chi connectivity index (χ4v) is 3.07. The van der Waals surface area contributed by atoms with Gasteiger partial charge in [0.05, 0.1) is 16.8 Å². The van der Waals surface area contributed by atoms with E-state index < -0.39 is 0 Å². The van der Waals surface area contributed by atoms with Crippen LogP contribution in [-0.2, 0) is 11.3 Å². The summed E-state index contributed by atoms with van der Waals surface area (Å²) >= 11 is 7.48. The van der Waals surface area contributed by atoms with E-state index in [2.05, 4.69) is 16.5 Å². The van der Waals surface area contributed by atoms with Crippen molar-refractivity contribution in [1.29, 1.82) is 0 Å². The van der Waals surface area contributed by atoms with Gasteiger partial charge in [-0.2, -0.15) is 0 Å². The van der Waals surface area contributed by atoms with E-state index in [1.165, 1.54) is 11.8 Å². The van der Waals surface area contributed by atoms with Gasteiger partial charge in [0.15, 0.2) is 5.16 Å². The van der Waals surface area contributed by atoms with Crippen molar-refractivity contribution in [2.75, 3.05) is 19.8 Å². The van der Waals surface area contributed by atoms with Crippen LogP contribution < -0.4 is 0 Å². The molecule has 2 rings (SSSR count). The molecular formula is C14H18ClN3OS. The summed E-state index contributed by atoms with van der Waals surface area (Å²) in [7, 11) is 3.52. The highest BCUT2D eigenvalue weighted by Gasteiger charge is 2.13. The molecule has 0 bridgehead atoms. The molecule has 20 heavy (non-hydrogen) atoms. The second-order valence-electron chi connectivity index (χ2n) is 4.76. The van der Waals surface area contributed by atoms with Crippen molar-refractivity contribution in [3.8, 4) is 0 Å². The largest absolute Gasteiger partial charge is 0.348 e. The molecule has 0 saturated carbocycles. The predicted molar refractivity (Wildman–Crippen MR) is 84.5 cm³/mol. The number of halogens is 1. The van der Waals surface area contributed by atoms with Gasteiger partial charge < -0.3 is 9.47 Å². The van der Waals surface area contributed by atoms with E-state index in [9.17, 15) is 4.79 Å². The Balaban J connectivity index is 2.31. The van der Waals surface area contributed by atoms with Gasteiger partial charge in [-0.05, 0) is 24.6 Å². The number of thioether (sulfide) groups is 1. The smallest absolute Gasteiger partial charge is 0.232 e. The molecule has 4 nitrogen and oxygen atoms in total. The monoisotopic (exact) mass is 311 g/mol. The Kier molecular flexibility index (Phi) is 4.94. The summed E-state index contributed by atoms with van der Waals surface area (Å²) in [5, 5.41) is 1.55. The molecule has 0 fully saturated rings. The van der Waals surface area contributed by atoms with Crippen molar-refractivity contribution < 1.29 is 4.79 Å². The number of aromatic nitrogens is 2. The number of amides is 1. The normalized spacial score (nSPS) is 11.0. The maximum atomic E-state index is 11.7. The predicted octanol–water partition coefficient (Wildman–Crippen LogP) is 3.28. The van der Waals surface area contributed by atoms with Crippen molar-refractivity contribution in [2.45, 2.75) is 25.0 Å². The molecule has 0 aliphatic heterocycles. The summed E-state index contributed by atoms with van der Waals surface area (Å²) in [6.45, 7) is 3.01. The van der Waals surface area contributed by atoms with Gasteiger partial charge in [-0.25, -0.2) is 4.98 Å². The Morgan fingerprint density at radius 1 is 1.45 bits per heavy atom. The number of imidazole rings is 1. The standard InChI is InChI=1S/C14H18ClN3OS/c1-4-7-18-12-6-5-10(15)8-11(12)16-14(18)20-9-13(19)17(2)3/h5-6,8H,4,7,9H2,1-3H3. The summed E-state index contributed by atoms with van der Waals surface area (Å²) in [4.78, 5) is 17.9. The van der Waals surface area contributed by atoms with Gasteiger partial charge in [-0.15, -0.1) is 0 Å². The summed E-state index contributed by atoms with van der Waals surface area (Å²) in [5.41, 5.74) is 1.95. The van der Waals surface area contributed by atoms with Gasteiger partial charge in [0.25, 0.3) is 0 Å². The molecule has 1 amide bonds. The quantitative estimate of drug-likeness (QED) is 0.795. The molecule has 0 spiro atoms. The van der Waals surface area contributed by atoms with E-state index in [1.54, 1.807) is 19.0 Å². The molecule has 0 aliphatic carbocycles. The van der Waals surface area contributed by atoms with Crippen LogP contribution in [0.3, 0.4) is 0 Å². The molecule has 1 aromatic heterocycles. The fraction of sp³-hybridized carbons (Fsp3) is 0.429. The van der Waals surface area contributed by atoms with Crippen molar-refractivity contribution in [3.05, 3.63) is 23.2 Å². The number of aryl methyl sites for hydroxylation is 1. The molecule has 1 heterocycles. The summed E-state index contributed by atoms with van der Waals surface area (Å²) < 4.78 is 2.15. The maximum absolute atomic E-state index is 11.7. The van der Waals surface area contributed by atoms with Crippen LogP contribution in [0.2, 0.25) is 5.02 Å². The summed E-state index contributed by atoms with van der Waals surface area (Å²) in [6, 6.07) is 5.72. The maximum Gasteiger partial charge on any atom is 0.232 e. The zero-order valence-electron chi connectivity index (χ0n) is 11.9. The van der Waals surface area contributed by atoms with Crippen molar-refractivity contribution in [2.24, 2.45) is 0 Å². The second-order valence-corrected chi connectivity index (χ2v) is 6.13. The highest BCUT2D eigenvalue weighted by molar-refractivity contribution is 7.99. The van der Waals surface area contributed by atoms with Gasteiger partial charge >= 0.3 is 0 Å². The first kappa shape index (κ1) is 15.2. The van der Waals surface area contributed by atoms with Crippen molar-refractivity contribution in [3.63, 3.8) is 0 Å². The molecule has 0 atom stereocenters. The van der Waals surface area contributed by atoms with Gasteiger partial charge in [-0.3, -0.25) is 4.79 Å². The number of carbonyl (C=O) groups excluding carboxylic acids is 1. The molecule has 0 N–H and O–H groups in total. The third kappa shape index (κ3) is 3.27. The average Bonchev–Trinajstić information content (AvgIpc) is 2.73. The minimum atomic E-state index is 0.0862. The van der Waals surface area contributed by atoms with Gasteiger partial charge in [0.2, 0.25) is 5.91 Å². The Morgan fingerprint density at radius 2 is 2.20 bits per heavy atom. The van der Waals surface area contributed by atoms with Crippen LogP contribution in [0.1, 0.15) is 13.3 Å². The third-order valence-corrected chi connectivity index (χ3v) is 4.14. The minimum absolute atomic E-state index is 0.0862. The van der Waals surface area contributed by atoms with Gasteiger partial charge in [0.1, 0.15) is 0 Å². The van der Waals surface area contributed by atoms with Crippen LogP contribution in [-0.4, -0.2) is 40.2 Å². The highest BCUT2D eigenvalue weighted by atomic mass is 35.5. The number of carbonyl (C=O) groups is 1. The number of fused-ring (bicyclic) bond motifs is 1. The van der Waals surface area contributed by atoms with Crippen molar-refractivity contribution >= 4 is 40.3 Å². The van der Waals surface area contributed by atoms with E-state index in [0.717, 1.165) is 29.2 Å². The van der Waals surface area contributed by atoms with E-state index in [4.69, 9.17) is 11.6 Å². The van der Waals surface area contributed by atoms with Crippen LogP contribution in [0.25, 0.3) is 11.0 Å². The highest BCUT2D eigenvalue weighted by Crippen LogP contribution is 2.26. The summed E-state index contributed by atoms with van der Waals surface area (Å²) in [5.74, 6) is 0.483. The zero-order valence-corrected chi connectivity index (χ0v) is 13.5. The molecular weight excluding hydrogens is 294 g/mol. The lowest BCUT2D eigenvalue weighted by Crippen LogP contribution is -2.23. The van der Waals surface area contributed by atoms with E-state index in [0.29, 0.717) is 10.8 Å². The van der Waals surface area contributed by atoms with Gasteiger partial charge in [0, 0.05) is 25.7 Å². The van der Waals surface area contributed by atoms with Crippen LogP contribution in [0.5, 0.6) is 0 Å². The Morgan fingerprint density at radius 3 is 2.85 bits per heavy atom.